The van der Waals surface area contributed by atoms with Gasteiger partial charge in [-0.15, -0.1) is 0 Å². The van der Waals surface area contributed by atoms with Gasteiger partial charge in [-0.1, -0.05) is 54.4 Å². The van der Waals surface area contributed by atoms with Crippen molar-refractivity contribution in [3.63, 3.8) is 0 Å². The van der Waals surface area contributed by atoms with Crippen LogP contribution in [0.2, 0.25) is 10.0 Å². The van der Waals surface area contributed by atoms with Crippen LogP contribution < -0.4 is 0 Å². The highest BCUT2D eigenvalue weighted by Crippen LogP contribution is 2.40. The molecule has 7 nitrogen and oxygen atoms in total. The van der Waals surface area contributed by atoms with Crippen molar-refractivity contribution in [1.29, 1.82) is 0 Å². The van der Waals surface area contributed by atoms with Gasteiger partial charge in [-0.25, -0.2) is 9.78 Å². The molecule has 1 saturated heterocycles. The molecule has 37 heavy (non-hydrogen) atoms. The lowest BCUT2D eigenvalue weighted by Crippen LogP contribution is -2.32. The third-order valence-electron chi connectivity index (χ3n) is 7.98. The highest BCUT2D eigenvalue weighted by atomic mass is 35.5. The summed E-state index contributed by atoms with van der Waals surface area (Å²) >= 11 is 13.6. The van der Waals surface area contributed by atoms with Crippen molar-refractivity contribution in [2.24, 2.45) is 0 Å². The van der Waals surface area contributed by atoms with Crippen LogP contribution in [0.1, 0.15) is 55.1 Å². The van der Waals surface area contributed by atoms with E-state index in [4.69, 9.17) is 23.2 Å². The lowest BCUT2D eigenvalue weighted by molar-refractivity contribution is -0.139. The van der Waals surface area contributed by atoms with E-state index in [1.807, 2.05) is 10.6 Å². The minimum atomic E-state index is -1.05. The number of piperidine rings is 1. The Balaban J connectivity index is 1.34. The van der Waals surface area contributed by atoms with Crippen molar-refractivity contribution in [1.82, 2.24) is 24.2 Å². The number of imidazole rings is 1. The van der Waals surface area contributed by atoms with Crippen molar-refractivity contribution in [3.05, 3.63) is 69.9 Å². The van der Waals surface area contributed by atoms with Gasteiger partial charge < -0.3 is 14.6 Å². The quantitative estimate of drug-likeness (QED) is 0.325. The molecule has 0 aliphatic carbocycles. The van der Waals surface area contributed by atoms with Crippen molar-refractivity contribution in [2.45, 2.75) is 51.1 Å². The van der Waals surface area contributed by atoms with E-state index in [9.17, 15) is 9.90 Å². The molecule has 2 aromatic carbocycles. The highest BCUT2D eigenvalue weighted by molar-refractivity contribution is 6.42. The summed E-state index contributed by atoms with van der Waals surface area (Å²) in [6.45, 7) is 6.47. The maximum Gasteiger partial charge on any atom is 0.334 e. The van der Waals surface area contributed by atoms with Gasteiger partial charge in [0.15, 0.2) is 6.04 Å². The largest absolute Gasteiger partial charge is 0.479 e. The predicted octanol–water partition coefficient (Wildman–Crippen LogP) is 6.03. The van der Waals surface area contributed by atoms with Crippen molar-refractivity contribution in [3.8, 4) is 11.1 Å². The van der Waals surface area contributed by atoms with E-state index in [2.05, 4.69) is 46.2 Å². The summed E-state index contributed by atoms with van der Waals surface area (Å²) < 4.78 is 3.45. The molecular weight excluding hydrogens is 509 g/mol. The van der Waals surface area contributed by atoms with E-state index < -0.39 is 12.0 Å². The predicted molar refractivity (Wildman–Crippen MR) is 146 cm³/mol. The average molecular weight is 538 g/mol. The number of carboxylic acids is 1. The fourth-order valence-corrected chi connectivity index (χ4v) is 6.42. The first-order chi connectivity index (χ1) is 17.9. The molecule has 192 valence electrons. The molecule has 1 fully saturated rings. The van der Waals surface area contributed by atoms with E-state index in [1.165, 1.54) is 23.1 Å². The molecule has 4 heterocycles. The molecule has 1 unspecified atom stereocenters. The van der Waals surface area contributed by atoms with E-state index in [0.717, 1.165) is 55.8 Å². The van der Waals surface area contributed by atoms with E-state index in [1.54, 1.807) is 12.5 Å². The average Bonchev–Trinajstić information content (AvgIpc) is 3.64. The Labute approximate surface area is 225 Å². The fourth-order valence-electron chi connectivity index (χ4n) is 5.87. The molecule has 2 aliphatic heterocycles. The minimum absolute atomic E-state index is 0.460. The summed E-state index contributed by atoms with van der Waals surface area (Å²) in [6, 6.07) is 9.36. The van der Waals surface area contributed by atoms with Crippen LogP contribution in [0.15, 0.2) is 42.9 Å². The van der Waals surface area contributed by atoms with Crippen LogP contribution >= 0.6 is 23.2 Å². The minimum Gasteiger partial charge on any atom is -0.479 e. The lowest BCUT2D eigenvalue weighted by atomic mass is 9.88. The second kappa shape index (κ2) is 9.78. The molecule has 2 aromatic heterocycles. The van der Waals surface area contributed by atoms with E-state index in [0.29, 0.717) is 32.6 Å². The molecule has 4 aromatic rings. The number of aryl methyl sites for hydroxylation is 1. The van der Waals surface area contributed by atoms with Gasteiger partial charge in [0.2, 0.25) is 0 Å². The lowest BCUT2D eigenvalue weighted by Gasteiger charge is -2.31. The summed E-state index contributed by atoms with van der Waals surface area (Å²) in [7, 11) is 0. The first-order valence-electron chi connectivity index (χ1n) is 12.9. The number of aliphatic carboxylic acids is 1. The first kappa shape index (κ1) is 24.5. The molecule has 1 atom stereocenters. The Morgan fingerprint density at radius 2 is 1.92 bits per heavy atom. The van der Waals surface area contributed by atoms with Gasteiger partial charge in [-0.05, 0) is 68.4 Å². The van der Waals surface area contributed by atoms with Gasteiger partial charge in [-0.2, -0.15) is 5.10 Å². The second-order valence-electron chi connectivity index (χ2n) is 10.0. The van der Waals surface area contributed by atoms with Crippen LogP contribution in [-0.4, -0.2) is 54.9 Å². The standard InChI is InChI=1S/C28H29Cl2N5O2/c1-2-33-12-9-18(10-13-33)17-5-7-19(8-6-17)20-14-22(29)21-15-35(32-25(21)24(20)30)27(28(36)37)26-23-4-3-11-34(23)16-31-26/h5-8,14-16,18,27H,2-4,9-13H2,1H3,(H,36,37). The first-order valence-corrected chi connectivity index (χ1v) is 13.7. The Bertz CT molecular complexity index is 1470. The van der Waals surface area contributed by atoms with Gasteiger partial charge in [-0.3, -0.25) is 4.68 Å². The zero-order valence-corrected chi connectivity index (χ0v) is 22.2. The molecule has 0 spiro atoms. The monoisotopic (exact) mass is 537 g/mol. The number of aromatic nitrogens is 4. The summed E-state index contributed by atoms with van der Waals surface area (Å²) in [5.74, 6) is -0.444. The molecular formula is C28H29Cl2N5O2. The number of carboxylic acid groups (broad SMARTS) is 1. The number of carbonyl (C=O) groups is 1. The SMILES string of the molecule is CCN1CCC(c2ccc(-c3cc(Cl)c4cn(C(C(=O)O)c5ncn6c5CCC6)nc4c3Cl)cc2)CC1. The summed E-state index contributed by atoms with van der Waals surface area (Å²) in [5, 5.41) is 16.3. The molecule has 0 bridgehead atoms. The maximum absolute atomic E-state index is 12.4. The molecule has 1 N–H and O–H groups in total. The number of likely N-dealkylation sites (tertiary alicyclic amines) is 1. The number of nitrogens with zero attached hydrogens (tertiary/aromatic N) is 5. The zero-order valence-electron chi connectivity index (χ0n) is 20.7. The summed E-state index contributed by atoms with van der Waals surface area (Å²) in [6.07, 6.45) is 7.52. The van der Waals surface area contributed by atoms with Crippen molar-refractivity contribution >= 4 is 40.1 Å². The number of halogens is 2. The zero-order chi connectivity index (χ0) is 25.7. The van der Waals surface area contributed by atoms with Gasteiger partial charge in [0, 0.05) is 29.4 Å². The van der Waals surface area contributed by atoms with Gasteiger partial charge in [0.25, 0.3) is 0 Å². The number of benzene rings is 2. The smallest absolute Gasteiger partial charge is 0.334 e. The summed E-state index contributed by atoms with van der Waals surface area (Å²) in [5.41, 5.74) is 5.05. The second-order valence-corrected chi connectivity index (χ2v) is 10.8. The normalized spacial score (nSPS) is 17.4. The Kier molecular flexibility index (Phi) is 6.47. The molecule has 9 heteroatoms. The van der Waals surface area contributed by atoms with Crippen LogP contribution in [0.3, 0.4) is 0 Å². The molecule has 0 radical (unpaired) electrons. The topological polar surface area (TPSA) is 76.2 Å². The van der Waals surface area contributed by atoms with Crippen LogP contribution in [0.5, 0.6) is 0 Å². The molecule has 6 rings (SSSR count). The Morgan fingerprint density at radius 1 is 1.16 bits per heavy atom. The fraction of sp³-hybridized carbons (Fsp3) is 0.393. The number of rotatable bonds is 6. The molecule has 0 amide bonds. The van der Waals surface area contributed by atoms with Crippen molar-refractivity contribution in [2.75, 3.05) is 19.6 Å². The maximum atomic E-state index is 12.4. The van der Waals surface area contributed by atoms with E-state index >= 15 is 0 Å². The van der Waals surface area contributed by atoms with Gasteiger partial charge in [0.05, 0.1) is 22.1 Å². The van der Waals surface area contributed by atoms with Gasteiger partial charge >= 0.3 is 5.97 Å². The molecule has 2 aliphatic rings. The Morgan fingerprint density at radius 3 is 2.62 bits per heavy atom. The number of fused-ring (bicyclic) bond motifs is 2. The highest BCUT2D eigenvalue weighted by Gasteiger charge is 2.31. The number of hydrogen-bond acceptors (Lipinski definition) is 4. The van der Waals surface area contributed by atoms with Crippen LogP contribution in [-0.2, 0) is 17.8 Å². The van der Waals surface area contributed by atoms with Crippen LogP contribution in [0, 0.1) is 0 Å². The van der Waals surface area contributed by atoms with E-state index in [-0.39, 0.29) is 0 Å². The summed E-state index contributed by atoms with van der Waals surface area (Å²) in [4.78, 5) is 19.3. The van der Waals surface area contributed by atoms with Crippen LogP contribution in [0.25, 0.3) is 22.0 Å². The third-order valence-corrected chi connectivity index (χ3v) is 8.68. The number of hydrogen-bond donors (Lipinski definition) is 1. The molecule has 0 saturated carbocycles. The van der Waals surface area contributed by atoms with Gasteiger partial charge in [0.1, 0.15) is 5.52 Å². The third kappa shape index (κ3) is 4.33. The Hall–Kier alpha value is -2.87. The van der Waals surface area contributed by atoms with Crippen molar-refractivity contribution < 1.29 is 9.90 Å². The van der Waals surface area contributed by atoms with Crippen LogP contribution in [0.4, 0.5) is 0 Å².